The lowest BCUT2D eigenvalue weighted by Gasteiger charge is -2.09. The van der Waals surface area contributed by atoms with Crippen LogP contribution in [-0.2, 0) is 4.74 Å². The van der Waals surface area contributed by atoms with Gasteiger partial charge in [-0.15, -0.1) is 0 Å². The number of ether oxygens (including phenoxy) is 1. The average molecular weight is 215 g/mol. The van der Waals surface area contributed by atoms with E-state index in [2.05, 4.69) is 4.98 Å². The molecule has 5 heteroatoms. The Balaban J connectivity index is 3.06. The number of Topliss-reactive ketones (excluding diaryl/α,β-unsaturated/α-hetero) is 1. The van der Waals surface area contributed by atoms with Crippen LogP contribution in [-0.4, -0.2) is 24.0 Å². The first-order chi connectivity index (χ1) is 6.56. The highest BCUT2D eigenvalue weighted by atomic mass is 35.5. The number of aromatic nitrogens is 1. The maximum atomic E-state index is 11.6. The molecule has 1 aromatic heterocycles. The van der Waals surface area contributed by atoms with Crippen molar-refractivity contribution < 1.29 is 9.53 Å². The molecule has 1 unspecified atom stereocenters. The molecule has 0 bridgehead atoms. The van der Waals surface area contributed by atoms with E-state index in [1.165, 1.54) is 19.4 Å². The molecule has 1 heterocycles. The molecule has 0 amide bonds. The first kappa shape index (κ1) is 10.9. The van der Waals surface area contributed by atoms with Crippen molar-refractivity contribution in [3.05, 3.63) is 22.8 Å². The van der Waals surface area contributed by atoms with Gasteiger partial charge in [0.25, 0.3) is 0 Å². The number of anilines is 1. The summed E-state index contributed by atoms with van der Waals surface area (Å²) in [6.45, 7) is 1.64. The summed E-state index contributed by atoms with van der Waals surface area (Å²) in [5, 5.41) is 0.380. The highest BCUT2D eigenvalue weighted by molar-refractivity contribution is 6.31. The fraction of sp³-hybridized carbons (Fsp3) is 0.333. The van der Waals surface area contributed by atoms with Crippen LogP contribution < -0.4 is 5.73 Å². The molecule has 0 spiro atoms. The maximum absolute atomic E-state index is 11.6. The van der Waals surface area contributed by atoms with Crippen LogP contribution in [0.5, 0.6) is 0 Å². The highest BCUT2D eigenvalue weighted by Gasteiger charge is 2.17. The Morgan fingerprint density at radius 1 is 1.71 bits per heavy atom. The summed E-state index contributed by atoms with van der Waals surface area (Å²) in [5.74, 6) is -0.0525. The second-order valence-corrected chi connectivity index (χ2v) is 3.26. The van der Waals surface area contributed by atoms with Crippen LogP contribution >= 0.6 is 11.6 Å². The Hall–Kier alpha value is -1.13. The Morgan fingerprint density at radius 2 is 2.36 bits per heavy atom. The summed E-state index contributed by atoms with van der Waals surface area (Å²) in [6, 6.07) is 1.49. The third-order valence-electron chi connectivity index (χ3n) is 1.87. The zero-order valence-electron chi connectivity index (χ0n) is 7.95. The molecule has 76 valence electrons. The van der Waals surface area contributed by atoms with Gasteiger partial charge in [-0.05, 0) is 13.0 Å². The third kappa shape index (κ3) is 2.21. The average Bonchev–Trinajstić information content (AvgIpc) is 2.19. The summed E-state index contributed by atoms with van der Waals surface area (Å²) in [6.07, 6.45) is 0.850. The van der Waals surface area contributed by atoms with Crippen LogP contribution in [0.15, 0.2) is 12.3 Å². The standard InChI is InChI=1S/C9H11ClN2O2/c1-5(14-2)8(13)7-3-6(10)4-12-9(7)11/h3-5H,1-2H3,(H2,11,12). The molecule has 0 aliphatic rings. The molecule has 0 saturated carbocycles. The normalized spacial score (nSPS) is 12.5. The topological polar surface area (TPSA) is 65.2 Å². The van der Waals surface area contributed by atoms with E-state index in [0.717, 1.165) is 0 Å². The Labute approximate surface area is 87.0 Å². The van der Waals surface area contributed by atoms with Crippen molar-refractivity contribution in [3.63, 3.8) is 0 Å². The van der Waals surface area contributed by atoms with E-state index < -0.39 is 6.10 Å². The van der Waals surface area contributed by atoms with Gasteiger partial charge in [-0.1, -0.05) is 11.6 Å². The molecule has 0 aliphatic heterocycles. The molecule has 0 radical (unpaired) electrons. The first-order valence-electron chi connectivity index (χ1n) is 4.04. The van der Waals surface area contributed by atoms with Crippen molar-refractivity contribution in [1.29, 1.82) is 0 Å². The minimum absolute atomic E-state index is 0.170. The number of nitrogens with two attached hydrogens (primary N) is 1. The van der Waals surface area contributed by atoms with Gasteiger partial charge in [-0.25, -0.2) is 4.98 Å². The van der Waals surface area contributed by atoms with Crippen molar-refractivity contribution in [2.45, 2.75) is 13.0 Å². The number of halogens is 1. The van der Waals surface area contributed by atoms with Crippen molar-refractivity contribution in [2.24, 2.45) is 0 Å². The molecule has 1 atom stereocenters. The summed E-state index contributed by atoms with van der Waals surface area (Å²) >= 11 is 5.70. The van der Waals surface area contributed by atoms with E-state index in [1.54, 1.807) is 6.92 Å². The van der Waals surface area contributed by atoms with E-state index in [4.69, 9.17) is 22.1 Å². The molecule has 14 heavy (non-hydrogen) atoms. The van der Waals surface area contributed by atoms with E-state index in [9.17, 15) is 4.79 Å². The number of pyridine rings is 1. The maximum Gasteiger partial charge on any atom is 0.194 e. The van der Waals surface area contributed by atoms with E-state index >= 15 is 0 Å². The smallest absolute Gasteiger partial charge is 0.194 e. The zero-order valence-corrected chi connectivity index (χ0v) is 8.71. The SMILES string of the molecule is COC(C)C(=O)c1cc(Cl)cnc1N. The van der Waals surface area contributed by atoms with E-state index in [-0.39, 0.29) is 11.6 Å². The lowest BCUT2D eigenvalue weighted by Crippen LogP contribution is -2.20. The molecule has 0 aliphatic carbocycles. The van der Waals surface area contributed by atoms with Crippen LogP contribution in [0.3, 0.4) is 0 Å². The van der Waals surface area contributed by atoms with Gasteiger partial charge in [0.15, 0.2) is 5.78 Å². The molecule has 0 fully saturated rings. The van der Waals surface area contributed by atoms with Crippen LogP contribution in [0, 0.1) is 0 Å². The van der Waals surface area contributed by atoms with Gasteiger partial charge < -0.3 is 10.5 Å². The summed E-state index contributed by atoms with van der Waals surface area (Å²) in [4.78, 5) is 15.4. The quantitative estimate of drug-likeness (QED) is 0.776. The minimum Gasteiger partial charge on any atom is -0.383 e. The molecular weight excluding hydrogens is 204 g/mol. The number of nitrogens with zero attached hydrogens (tertiary/aromatic N) is 1. The number of hydrogen-bond donors (Lipinski definition) is 1. The predicted octanol–water partition coefficient (Wildman–Crippen LogP) is 1.53. The number of methoxy groups -OCH3 is 1. The molecule has 0 aromatic carbocycles. The molecule has 1 rings (SSSR count). The van der Waals surface area contributed by atoms with Gasteiger partial charge in [0, 0.05) is 13.3 Å². The molecule has 2 N–H and O–H groups in total. The highest BCUT2D eigenvalue weighted by Crippen LogP contribution is 2.17. The fourth-order valence-corrected chi connectivity index (χ4v) is 1.13. The van der Waals surface area contributed by atoms with Gasteiger partial charge in [-0.2, -0.15) is 0 Å². The van der Waals surface area contributed by atoms with Gasteiger partial charge in [0.1, 0.15) is 11.9 Å². The van der Waals surface area contributed by atoms with Crippen LogP contribution in [0.1, 0.15) is 17.3 Å². The predicted molar refractivity (Wildman–Crippen MR) is 54.5 cm³/mol. The van der Waals surface area contributed by atoms with Gasteiger partial charge in [-0.3, -0.25) is 4.79 Å². The number of ketones is 1. The lowest BCUT2D eigenvalue weighted by atomic mass is 10.1. The number of hydrogen-bond acceptors (Lipinski definition) is 4. The monoisotopic (exact) mass is 214 g/mol. The molecule has 1 aromatic rings. The molecule has 4 nitrogen and oxygen atoms in total. The largest absolute Gasteiger partial charge is 0.383 e. The lowest BCUT2D eigenvalue weighted by molar-refractivity contribution is 0.0656. The fourth-order valence-electron chi connectivity index (χ4n) is 0.973. The Kier molecular flexibility index (Phi) is 3.43. The van der Waals surface area contributed by atoms with Gasteiger partial charge in [0.2, 0.25) is 0 Å². The van der Waals surface area contributed by atoms with Crippen LogP contribution in [0.4, 0.5) is 5.82 Å². The summed E-state index contributed by atoms with van der Waals surface area (Å²) in [7, 11) is 1.46. The van der Waals surface area contributed by atoms with Crippen molar-refractivity contribution in [3.8, 4) is 0 Å². The zero-order chi connectivity index (χ0) is 10.7. The number of carbonyl (C=O) groups is 1. The van der Waals surface area contributed by atoms with E-state index in [0.29, 0.717) is 10.6 Å². The van der Waals surface area contributed by atoms with Gasteiger partial charge in [0.05, 0.1) is 10.6 Å². The number of rotatable bonds is 3. The van der Waals surface area contributed by atoms with Crippen molar-refractivity contribution in [1.82, 2.24) is 4.98 Å². The van der Waals surface area contributed by atoms with Crippen molar-refractivity contribution >= 4 is 23.2 Å². The molecule has 0 saturated heterocycles. The van der Waals surface area contributed by atoms with Gasteiger partial charge >= 0.3 is 0 Å². The summed E-state index contributed by atoms with van der Waals surface area (Å²) in [5.41, 5.74) is 5.83. The third-order valence-corrected chi connectivity index (χ3v) is 2.08. The number of nitrogen functional groups attached to an aromatic ring is 1. The Morgan fingerprint density at radius 3 is 2.93 bits per heavy atom. The second-order valence-electron chi connectivity index (χ2n) is 2.83. The second kappa shape index (κ2) is 4.39. The van der Waals surface area contributed by atoms with Crippen molar-refractivity contribution in [2.75, 3.05) is 12.8 Å². The number of carbonyl (C=O) groups excluding carboxylic acids is 1. The minimum atomic E-state index is -0.544. The molecular formula is C9H11ClN2O2. The van der Waals surface area contributed by atoms with Crippen LogP contribution in [0.2, 0.25) is 5.02 Å². The van der Waals surface area contributed by atoms with E-state index in [1.807, 2.05) is 0 Å². The first-order valence-corrected chi connectivity index (χ1v) is 4.42. The summed E-state index contributed by atoms with van der Waals surface area (Å²) < 4.78 is 4.89. The van der Waals surface area contributed by atoms with Crippen LogP contribution in [0.25, 0.3) is 0 Å². The Bertz CT molecular complexity index is 355.